The van der Waals surface area contributed by atoms with Gasteiger partial charge in [-0.3, -0.25) is 19.1 Å². The number of fused-ring (bicyclic) bond motifs is 1. The topological polar surface area (TPSA) is 132 Å². The van der Waals surface area contributed by atoms with Crippen molar-refractivity contribution < 1.29 is 23.9 Å². The quantitative estimate of drug-likeness (QED) is 0.268. The van der Waals surface area contributed by atoms with Crippen molar-refractivity contribution >= 4 is 51.9 Å². The number of piperidine rings is 1. The number of aliphatic carboxylic acids is 1. The summed E-state index contributed by atoms with van der Waals surface area (Å²) in [4.78, 5) is 48.3. The molecular weight excluding hydrogens is 422 g/mol. The summed E-state index contributed by atoms with van der Waals surface area (Å²) in [7, 11) is 0. The number of carboxylic acids is 1. The Morgan fingerprint density at radius 3 is 2.81 bits per heavy atom. The van der Waals surface area contributed by atoms with Crippen molar-refractivity contribution in [2.45, 2.75) is 19.4 Å². The second kappa shape index (κ2) is 8.07. The van der Waals surface area contributed by atoms with Crippen molar-refractivity contribution in [1.82, 2.24) is 15.1 Å². The van der Waals surface area contributed by atoms with Crippen molar-refractivity contribution in [1.29, 1.82) is 0 Å². The Bertz CT molecular complexity index is 1330. The fraction of sp³-hybridized carbons (Fsp3) is 0.143. The summed E-state index contributed by atoms with van der Waals surface area (Å²) in [5.74, 6) is -2.11. The molecule has 9 nitrogen and oxygen atoms in total. The summed E-state index contributed by atoms with van der Waals surface area (Å²) in [6.45, 7) is 0.0364. The van der Waals surface area contributed by atoms with Crippen LogP contribution in [0.4, 0.5) is 0 Å². The zero-order valence-electron chi connectivity index (χ0n) is 16.0. The first-order valence-corrected chi connectivity index (χ1v) is 9.64. The molecule has 4 rings (SSSR count). The number of para-hydroxylation sites is 1. The Kier molecular flexibility index (Phi) is 5.30. The molecule has 0 saturated carbocycles. The number of aryl methyl sites for hydroxylation is 1. The van der Waals surface area contributed by atoms with E-state index in [2.05, 4.69) is 10.4 Å². The average molecular weight is 437 g/mol. The number of nitrogens with zero attached hydrogens (tertiary/aromatic N) is 2. The SMILES string of the molecule is O=C(O)CCn1cc(/C=C2/C(=O)CC(=S)NC2=O)c(-c2cc3ccccc3oc2=O)n1. The Labute approximate surface area is 180 Å². The zero-order chi connectivity index (χ0) is 22.1. The van der Waals surface area contributed by atoms with Gasteiger partial charge in [0.05, 0.1) is 35.5 Å². The second-order valence-corrected chi connectivity index (χ2v) is 7.35. The van der Waals surface area contributed by atoms with E-state index in [1.165, 1.54) is 17.0 Å². The van der Waals surface area contributed by atoms with Gasteiger partial charge in [0.15, 0.2) is 5.78 Å². The van der Waals surface area contributed by atoms with Gasteiger partial charge in [0.25, 0.3) is 5.91 Å². The highest BCUT2D eigenvalue weighted by atomic mass is 32.1. The Hall–Kier alpha value is -3.92. The predicted octanol–water partition coefficient (Wildman–Crippen LogP) is 1.93. The summed E-state index contributed by atoms with van der Waals surface area (Å²) in [5.41, 5.74) is 0.223. The number of Topliss-reactive ketones (excluding diaryl/α,β-unsaturated/α-hetero) is 1. The molecule has 31 heavy (non-hydrogen) atoms. The molecule has 2 N–H and O–H groups in total. The number of ketones is 1. The first-order valence-electron chi connectivity index (χ1n) is 9.23. The van der Waals surface area contributed by atoms with Gasteiger partial charge in [-0.25, -0.2) is 4.79 Å². The average Bonchev–Trinajstić information content (AvgIpc) is 3.11. The molecule has 1 aliphatic rings. The van der Waals surface area contributed by atoms with E-state index >= 15 is 0 Å². The summed E-state index contributed by atoms with van der Waals surface area (Å²) < 4.78 is 6.72. The molecule has 1 saturated heterocycles. The highest BCUT2D eigenvalue weighted by Crippen LogP contribution is 2.26. The fourth-order valence-corrected chi connectivity index (χ4v) is 3.43. The molecule has 0 spiro atoms. The van der Waals surface area contributed by atoms with Gasteiger partial charge in [0, 0.05) is 17.1 Å². The number of benzene rings is 1. The molecule has 1 aromatic carbocycles. The minimum atomic E-state index is -1.02. The van der Waals surface area contributed by atoms with E-state index in [9.17, 15) is 19.2 Å². The molecule has 0 bridgehead atoms. The van der Waals surface area contributed by atoms with Crippen molar-refractivity contribution in [2.24, 2.45) is 0 Å². The second-order valence-electron chi connectivity index (χ2n) is 6.86. The lowest BCUT2D eigenvalue weighted by Crippen LogP contribution is -2.39. The van der Waals surface area contributed by atoms with Gasteiger partial charge in [-0.05, 0) is 18.2 Å². The Morgan fingerprint density at radius 2 is 2.06 bits per heavy atom. The third-order valence-electron chi connectivity index (χ3n) is 4.66. The number of hydrogen-bond acceptors (Lipinski definition) is 7. The maximum absolute atomic E-state index is 12.6. The van der Waals surface area contributed by atoms with Gasteiger partial charge in [-0.15, -0.1) is 0 Å². The van der Waals surface area contributed by atoms with E-state index in [0.717, 1.165) is 0 Å². The van der Waals surface area contributed by atoms with E-state index < -0.39 is 23.3 Å². The maximum Gasteiger partial charge on any atom is 0.345 e. The minimum Gasteiger partial charge on any atom is -0.481 e. The molecule has 1 amide bonds. The maximum atomic E-state index is 12.6. The largest absolute Gasteiger partial charge is 0.481 e. The van der Waals surface area contributed by atoms with E-state index in [-0.39, 0.29) is 41.2 Å². The molecule has 3 aromatic rings. The predicted molar refractivity (Wildman–Crippen MR) is 114 cm³/mol. The van der Waals surface area contributed by atoms with Crippen molar-refractivity contribution in [2.75, 3.05) is 0 Å². The molecule has 0 radical (unpaired) electrons. The van der Waals surface area contributed by atoms with Gasteiger partial charge in [0.1, 0.15) is 11.3 Å². The number of carbonyl (C=O) groups excluding carboxylic acids is 2. The summed E-state index contributed by atoms with van der Waals surface area (Å²) in [5, 5.41) is 16.4. The third-order valence-corrected chi connectivity index (χ3v) is 4.91. The molecule has 10 heteroatoms. The number of carbonyl (C=O) groups is 3. The van der Waals surface area contributed by atoms with Crippen LogP contribution in [0.15, 0.2) is 51.3 Å². The Morgan fingerprint density at radius 1 is 1.29 bits per heavy atom. The molecule has 0 unspecified atom stereocenters. The number of rotatable bonds is 5. The van der Waals surface area contributed by atoms with Crippen LogP contribution in [0.5, 0.6) is 0 Å². The highest BCUT2D eigenvalue weighted by Gasteiger charge is 2.27. The van der Waals surface area contributed by atoms with Gasteiger partial charge < -0.3 is 14.8 Å². The van der Waals surface area contributed by atoms with Crippen LogP contribution in [0.3, 0.4) is 0 Å². The number of hydrogen-bond donors (Lipinski definition) is 2. The van der Waals surface area contributed by atoms with Crippen LogP contribution in [0.25, 0.3) is 28.3 Å². The third kappa shape index (κ3) is 4.19. The fourth-order valence-electron chi connectivity index (χ4n) is 3.21. The van der Waals surface area contributed by atoms with Gasteiger partial charge in [-0.1, -0.05) is 30.4 Å². The van der Waals surface area contributed by atoms with Crippen molar-refractivity contribution in [3.05, 3.63) is 58.1 Å². The lowest BCUT2D eigenvalue weighted by Gasteiger charge is -2.14. The number of carboxylic acid groups (broad SMARTS) is 1. The summed E-state index contributed by atoms with van der Waals surface area (Å²) in [6, 6.07) is 8.54. The minimum absolute atomic E-state index is 0.0364. The van der Waals surface area contributed by atoms with Crippen LogP contribution < -0.4 is 10.9 Å². The van der Waals surface area contributed by atoms with E-state index in [0.29, 0.717) is 16.5 Å². The number of thiocarbonyl (C=S) groups is 1. The molecule has 1 fully saturated rings. The van der Waals surface area contributed by atoms with Crippen LogP contribution in [0.1, 0.15) is 18.4 Å². The summed E-state index contributed by atoms with van der Waals surface area (Å²) in [6.07, 6.45) is 2.51. The van der Waals surface area contributed by atoms with Crippen molar-refractivity contribution in [3.8, 4) is 11.3 Å². The monoisotopic (exact) mass is 437 g/mol. The Balaban J connectivity index is 1.86. The highest BCUT2D eigenvalue weighted by molar-refractivity contribution is 7.80. The molecule has 0 atom stereocenters. The molecule has 156 valence electrons. The zero-order valence-corrected chi connectivity index (χ0v) is 16.8. The standard InChI is InChI=1S/C21H15N3O6S/c25-15-9-17(31)22-20(28)13(15)8-12-10-24(6-5-18(26)27)23-19(12)14-7-11-3-1-2-4-16(11)30-21(14)29/h1-4,7-8,10H,5-6,9H2,(H,26,27)(H,22,28,31)/b13-8-. The van der Waals surface area contributed by atoms with Crippen LogP contribution >= 0.6 is 12.2 Å². The normalized spacial score (nSPS) is 15.5. The number of amides is 1. The van der Waals surface area contributed by atoms with Crippen LogP contribution in [0, 0.1) is 0 Å². The van der Waals surface area contributed by atoms with E-state index in [4.69, 9.17) is 21.7 Å². The van der Waals surface area contributed by atoms with Gasteiger partial charge in [0.2, 0.25) is 0 Å². The van der Waals surface area contributed by atoms with E-state index in [1.807, 2.05) is 0 Å². The molecular formula is C21H15N3O6S. The first kappa shape index (κ1) is 20.4. The molecule has 0 aliphatic carbocycles. The smallest absolute Gasteiger partial charge is 0.345 e. The lowest BCUT2D eigenvalue weighted by molar-refractivity contribution is -0.137. The van der Waals surface area contributed by atoms with E-state index in [1.54, 1.807) is 30.3 Å². The number of aromatic nitrogens is 2. The number of nitrogens with one attached hydrogen (secondary N) is 1. The van der Waals surface area contributed by atoms with Crippen LogP contribution in [-0.2, 0) is 20.9 Å². The molecule has 1 aliphatic heterocycles. The molecule has 3 heterocycles. The molecule has 2 aromatic heterocycles. The summed E-state index contributed by atoms with van der Waals surface area (Å²) >= 11 is 4.90. The first-order chi connectivity index (χ1) is 14.8. The van der Waals surface area contributed by atoms with Crippen LogP contribution in [-0.4, -0.2) is 37.5 Å². The van der Waals surface area contributed by atoms with Crippen molar-refractivity contribution in [3.63, 3.8) is 0 Å². The lowest BCUT2D eigenvalue weighted by atomic mass is 10.00. The van der Waals surface area contributed by atoms with Gasteiger partial charge >= 0.3 is 11.6 Å². The van der Waals surface area contributed by atoms with Gasteiger partial charge in [-0.2, -0.15) is 5.10 Å². The van der Waals surface area contributed by atoms with Crippen LogP contribution in [0.2, 0.25) is 0 Å².